The molecule has 0 spiro atoms. The van der Waals surface area contributed by atoms with Crippen LogP contribution in [-0.4, -0.2) is 6.54 Å². The maximum Gasteiger partial charge on any atom is 0.0326 e. The van der Waals surface area contributed by atoms with Crippen LogP contribution in [0.25, 0.3) is 0 Å². The van der Waals surface area contributed by atoms with Gasteiger partial charge in [-0.1, -0.05) is 24.6 Å². The van der Waals surface area contributed by atoms with Gasteiger partial charge in [0.2, 0.25) is 0 Å². The Labute approximate surface area is 92.9 Å². The molecule has 0 saturated heterocycles. The molecule has 0 amide bonds. The highest BCUT2D eigenvalue weighted by molar-refractivity contribution is 5.43. The fourth-order valence-electron chi connectivity index (χ4n) is 2.66. The lowest BCUT2D eigenvalue weighted by Gasteiger charge is -2.14. The molecule has 0 aliphatic heterocycles. The van der Waals surface area contributed by atoms with Crippen LogP contribution in [0, 0.1) is 13.8 Å². The zero-order valence-electron chi connectivity index (χ0n) is 10.1. The zero-order valence-corrected chi connectivity index (χ0v) is 10.1. The van der Waals surface area contributed by atoms with Gasteiger partial charge in [-0.3, -0.25) is 0 Å². The minimum Gasteiger partial charge on any atom is -0.310 e. The molecule has 0 aromatic heterocycles. The Morgan fingerprint density at radius 1 is 1.33 bits per heavy atom. The zero-order chi connectivity index (χ0) is 10.8. The second-order valence-electron chi connectivity index (χ2n) is 4.69. The summed E-state index contributed by atoms with van der Waals surface area (Å²) in [6, 6.07) is 5.28. The third-order valence-electron chi connectivity index (χ3n) is 3.35. The van der Waals surface area contributed by atoms with Crippen LogP contribution >= 0.6 is 0 Å². The largest absolute Gasteiger partial charge is 0.310 e. The molecule has 1 heteroatoms. The number of aryl methyl sites for hydroxylation is 2. The van der Waals surface area contributed by atoms with Crippen LogP contribution < -0.4 is 5.32 Å². The fraction of sp³-hybridized carbons (Fsp3) is 0.571. The fourth-order valence-corrected chi connectivity index (χ4v) is 2.66. The average molecular weight is 203 g/mol. The van der Waals surface area contributed by atoms with E-state index in [1.807, 2.05) is 0 Å². The van der Waals surface area contributed by atoms with E-state index in [1.54, 1.807) is 11.1 Å². The van der Waals surface area contributed by atoms with Crippen LogP contribution in [0.4, 0.5) is 0 Å². The van der Waals surface area contributed by atoms with E-state index in [0.717, 1.165) is 6.54 Å². The molecule has 0 heterocycles. The van der Waals surface area contributed by atoms with Crippen LogP contribution in [0.5, 0.6) is 0 Å². The first kappa shape index (κ1) is 10.7. The molecular weight excluding hydrogens is 182 g/mol. The topological polar surface area (TPSA) is 12.0 Å². The second-order valence-corrected chi connectivity index (χ2v) is 4.69. The van der Waals surface area contributed by atoms with Gasteiger partial charge in [0.05, 0.1) is 0 Å². The SMILES string of the molecule is CCCNC1CCc2c(C)cc(C)cc21. The summed E-state index contributed by atoms with van der Waals surface area (Å²) in [5, 5.41) is 3.64. The average Bonchev–Trinajstić information content (AvgIpc) is 2.58. The Morgan fingerprint density at radius 3 is 2.87 bits per heavy atom. The molecule has 2 rings (SSSR count). The van der Waals surface area contributed by atoms with Crippen LogP contribution in [0.2, 0.25) is 0 Å². The second kappa shape index (κ2) is 4.36. The summed E-state index contributed by atoms with van der Waals surface area (Å²) >= 11 is 0. The van der Waals surface area contributed by atoms with Crippen molar-refractivity contribution in [2.24, 2.45) is 0 Å². The van der Waals surface area contributed by atoms with Gasteiger partial charge < -0.3 is 5.32 Å². The van der Waals surface area contributed by atoms with Gasteiger partial charge in [0.25, 0.3) is 0 Å². The summed E-state index contributed by atoms with van der Waals surface area (Å²) in [6.07, 6.45) is 3.75. The molecule has 1 unspecified atom stereocenters. The maximum absolute atomic E-state index is 3.64. The highest BCUT2D eigenvalue weighted by Gasteiger charge is 2.22. The Morgan fingerprint density at radius 2 is 2.13 bits per heavy atom. The van der Waals surface area contributed by atoms with Gasteiger partial charge in [0.15, 0.2) is 0 Å². The van der Waals surface area contributed by atoms with Crippen molar-refractivity contribution in [3.8, 4) is 0 Å². The van der Waals surface area contributed by atoms with Crippen molar-refractivity contribution in [1.29, 1.82) is 0 Å². The normalized spacial score (nSPS) is 19.3. The predicted molar refractivity (Wildman–Crippen MR) is 65.3 cm³/mol. The van der Waals surface area contributed by atoms with Crippen molar-refractivity contribution < 1.29 is 0 Å². The molecule has 1 aromatic rings. The van der Waals surface area contributed by atoms with E-state index in [1.165, 1.54) is 30.4 Å². The lowest BCUT2D eigenvalue weighted by atomic mass is 10.00. The van der Waals surface area contributed by atoms with Gasteiger partial charge >= 0.3 is 0 Å². The first-order valence-corrected chi connectivity index (χ1v) is 6.05. The van der Waals surface area contributed by atoms with E-state index >= 15 is 0 Å². The number of benzene rings is 1. The number of fused-ring (bicyclic) bond motifs is 1. The number of hydrogen-bond donors (Lipinski definition) is 1. The minimum atomic E-state index is 0.610. The number of rotatable bonds is 3. The molecule has 82 valence electrons. The van der Waals surface area contributed by atoms with Crippen LogP contribution in [-0.2, 0) is 6.42 Å². The van der Waals surface area contributed by atoms with Gasteiger partial charge in [-0.2, -0.15) is 0 Å². The Bertz CT molecular complexity index is 355. The summed E-state index contributed by atoms with van der Waals surface area (Å²) in [4.78, 5) is 0. The van der Waals surface area contributed by atoms with Gasteiger partial charge in [-0.05, 0) is 56.3 Å². The van der Waals surface area contributed by atoms with Crippen LogP contribution in [0.1, 0.15) is 48.1 Å². The first-order valence-electron chi connectivity index (χ1n) is 6.05. The molecule has 1 aliphatic carbocycles. The van der Waals surface area contributed by atoms with E-state index in [2.05, 4.69) is 38.2 Å². The molecular formula is C14H21N. The van der Waals surface area contributed by atoms with E-state index < -0.39 is 0 Å². The van der Waals surface area contributed by atoms with Gasteiger partial charge in [-0.15, -0.1) is 0 Å². The third kappa shape index (κ3) is 2.07. The van der Waals surface area contributed by atoms with Crippen molar-refractivity contribution in [2.45, 2.75) is 46.1 Å². The van der Waals surface area contributed by atoms with Gasteiger partial charge in [0, 0.05) is 6.04 Å². The molecule has 1 aliphatic rings. The summed E-state index contributed by atoms with van der Waals surface area (Å²) in [7, 11) is 0. The smallest absolute Gasteiger partial charge is 0.0326 e. The monoisotopic (exact) mass is 203 g/mol. The summed E-state index contributed by atoms with van der Waals surface area (Å²) in [5.74, 6) is 0. The van der Waals surface area contributed by atoms with E-state index in [0.29, 0.717) is 6.04 Å². The van der Waals surface area contributed by atoms with Gasteiger partial charge in [-0.25, -0.2) is 0 Å². The molecule has 0 bridgehead atoms. The standard InChI is InChI=1S/C14H21N/c1-4-7-15-14-6-5-12-11(3)8-10(2)9-13(12)14/h8-9,14-15H,4-7H2,1-3H3. The first-order chi connectivity index (χ1) is 7.22. The summed E-state index contributed by atoms with van der Waals surface area (Å²) in [5.41, 5.74) is 6.03. The molecule has 1 aromatic carbocycles. The van der Waals surface area contributed by atoms with Crippen molar-refractivity contribution in [1.82, 2.24) is 5.32 Å². The molecule has 0 saturated carbocycles. The lowest BCUT2D eigenvalue weighted by molar-refractivity contribution is 0.529. The third-order valence-corrected chi connectivity index (χ3v) is 3.35. The minimum absolute atomic E-state index is 0.610. The van der Waals surface area contributed by atoms with E-state index in [-0.39, 0.29) is 0 Å². The molecule has 0 fully saturated rings. The van der Waals surface area contributed by atoms with E-state index in [9.17, 15) is 0 Å². The van der Waals surface area contributed by atoms with Crippen LogP contribution in [0.3, 0.4) is 0 Å². The summed E-state index contributed by atoms with van der Waals surface area (Å²) < 4.78 is 0. The van der Waals surface area contributed by atoms with Crippen molar-refractivity contribution in [3.05, 3.63) is 34.4 Å². The number of hydrogen-bond acceptors (Lipinski definition) is 1. The molecule has 1 nitrogen and oxygen atoms in total. The Hall–Kier alpha value is -0.820. The number of nitrogens with one attached hydrogen (secondary N) is 1. The van der Waals surface area contributed by atoms with Crippen molar-refractivity contribution in [2.75, 3.05) is 6.54 Å². The lowest BCUT2D eigenvalue weighted by Crippen LogP contribution is -2.19. The van der Waals surface area contributed by atoms with E-state index in [4.69, 9.17) is 0 Å². The molecule has 1 N–H and O–H groups in total. The van der Waals surface area contributed by atoms with Crippen LogP contribution in [0.15, 0.2) is 12.1 Å². The van der Waals surface area contributed by atoms with Crippen molar-refractivity contribution in [3.63, 3.8) is 0 Å². The Kier molecular flexibility index (Phi) is 3.11. The highest BCUT2D eigenvalue weighted by atomic mass is 14.9. The quantitative estimate of drug-likeness (QED) is 0.795. The molecule has 15 heavy (non-hydrogen) atoms. The Balaban J connectivity index is 2.25. The molecule has 1 atom stereocenters. The van der Waals surface area contributed by atoms with Gasteiger partial charge in [0.1, 0.15) is 0 Å². The highest BCUT2D eigenvalue weighted by Crippen LogP contribution is 2.33. The summed E-state index contributed by atoms with van der Waals surface area (Å²) in [6.45, 7) is 7.80. The maximum atomic E-state index is 3.64. The predicted octanol–water partition coefficient (Wildman–Crippen LogP) is 3.29. The van der Waals surface area contributed by atoms with Crippen molar-refractivity contribution >= 4 is 0 Å². The molecule has 0 radical (unpaired) electrons.